The maximum atomic E-state index is 14.2. The molecule has 42 heavy (non-hydrogen) atoms. The fourth-order valence-electron chi connectivity index (χ4n) is 5.30. The van der Waals surface area contributed by atoms with Gasteiger partial charge in [0.05, 0.1) is 17.7 Å². The standard InChI is InChI=1S/C32H38ClN3O5S/c1-4-30(32(38)34-26-11-5-6-12-26)35(21-24-10-8-14-28(20-24)41-3)31(37)22-36(27-13-7-9-23(2)19-27)42(39,40)29-17-15-25(33)16-18-29/h7-10,13-20,26,30H,4-6,11-12,21-22H2,1-3H3,(H,34,38)/t30-/m0/s1. The first-order valence-electron chi connectivity index (χ1n) is 14.2. The van der Waals surface area contributed by atoms with Gasteiger partial charge in [-0.2, -0.15) is 0 Å². The van der Waals surface area contributed by atoms with Gasteiger partial charge in [-0.15, -0.1) is 0 Å². The minimum absolute atomic E-state index is 0.00608. The molecular formula is C32H38ClN3O5S. The van der Waals surface area contributed by atoms with Gasteiger partial charge in [-0.25, -0.2) is 8.42 Å². The molecule has 2 amide bonds. The van der Waals surface area contributed by atoms with Crippen molar-refractivity contribution < 1.29 is 22.7 Å². The molecule has 3 aromatic carbocycles. The van der Waals surface area contributed by atoms with Crippen LogP contribution in [0.25, 0.3) is 0 Å². The molecule has 1 N–H and O–H groups in total. The summed E-state index contributed by atoms with van der Waals surface area (Å²) < 4.78 is 34.4. The lowest BCUT2D eigenvalue weighted by atomic mass is 10.1. The van der Waals surface area contributed by atoms with Crippen LogP contribution in [0.3, 0.4) is 0 Å². The van der Waals surface area contributed by atoms with Crippen molar-refractivity contribution >= 4 is 39.1 Å². The number of rotatable bonds is 12. The van der Waals surface area contributed by atoms with E-state index >= 15 is 0 Å². The molecule has 0 heterocycles. The lowest BCUT2D eigenvalue weighted by Crippen LogP contribution is -2.53. The number of methoxy groups -OCH3 is 1. The summed E-state index contributed by atoms with van der Waals surface area (Å²) in [6, 6.07) is 19.4. The average Bonchev–Trinajstić information content (AvgIpc) is 3.49. The number of sulfonamides is 1. The SMILES string of the molecule is CC[C@@H](C(=O)NC1CCCC1)N(Cc1cccc(OC)c1)C(=O)CN(c1cccc(C)c1)S(=O)(=O)c1ccc(Cl)cc1. The number of halogens is 1. The van der Waals surface area contributed by atoms with E-state index < -0.39 is 28.5 Å². The molecule has 1 saturated carbocycles. The van der Waals surface area contributed by atoms with Gasteiger partial charge in [0.15, 0.2) is 0 Å². The van der Waals surface area contributed by atoms with Crippen molar-refractivity contribution in [1.29, 1.82) is 0 Å². The van der Waals surface area contributed by atoms with Crippen molar-refractivity contribution in [2.45, 2.75) is 69.5 Å². The fourth-order valence-corrected chi connectivity index (χ4v) is 6.83. The molecule has 4 rings (SSSR count). The maximum absolute atomic E-state index is 14.2. The Morgan fingerprint density at radius 2 is 1.71 bits per heavy atom. The maximum Gasteiger partial charge on any atom is 0.264 e. The zero-order chi connectivity index (χ0) is 30.3. The quantitative estimate of drug-likeness (QED) is 0.283. The third-order valence-electron chi connectivity index (χ3n) is 7.54. The number of hydrogen-bond acceptors (Lipinski definition) is 5. The van der Waals surface area contributed by atoms with Crippen LogP contribution < -0.4 is 14.4 Å². The summed E-state index contributed by atoms with van der Waals surface area (Å²) in [4.78, 5) is 29.3. The number of ether oxygens (including phenoxy) is 1. The first kappa shape index (κ1) is 31.4. The highest BCUT2D eigenvalue weighted by Crippen LogP contribution is 2.27. The van der Waals surface area contributed by atoms with Gasteiger partial charge in [0, 0.05) is 17.6 Å². The normalized spacial score (nSPS) is 14.3. The summed E-state index contributed by atoms with van der Waals surface area (Å²) in [7, 11) is -2.60. The summed E-state index contributed by atoms with van der Waals surface area (Å²) in [5, 5.41) is 3.52. The van der Waals surface area contributed by atoms with Crippen molar-refractivity contribution in [3.05, 3.63) is 88.9 Å². The van der Waals surface area contributed by atoms with Crippen LogP contribution in [0.5, 0.6) is 5.75 Å². The summed E-state index contributed by atoms with van der Waals surface area (Å²) in [6.07, 6.45) is 4.30. The molecule has 0 aromatic heterocycles. The van der Waals surface area contributed by atoms with E-state index in [-0.39, 0.29) is 23.4 Å². The topological polar surface area (TPSA) is 96.0 Å². The van der Waals surface area contributed by atoms with E-state index in [1.54, 1.807) is 31.4 Å². The Kier molecular flexibility index (Phi) is 10.5. The van der Waals surface area contributed by atoms with E-state index in [4.69, 9.17) is 16.3 Å². The predicted molar refractivity (Wildman–Crippen MR) is 165 cm³/mol. The second-order valence-corrected chi connectivity index (χ2v) is 12.9. The van der Waals surface area contributed by atoms with Crippen LogP contribution in [-0.2, 0) is 26.2 Å². The molecule has 224 valence electrons. The minimum Gasteiger partial charge on any atom is -0.497 e. The van der Waals surface area contributed by atoms with Gasteiger partial charge in [0.2, 0.25) is 11.8 Å². The van der Waals surface area contributed by atoms with E-state index in [1.807, 2.05) is 38.1 Å². The number of nitrogens with zero attached hydrogens (tertiary/aromatic N) is 2. The van der Waals surface area contributed by atoms with E-state index in [9.17, 15) is 18.0 Å². The number of carbonyl (C=O) groups is 2. The second kappa shape index (κ2) is 14.1. The molecule has 3 aromatic rings. The largest absolute Gasteiger partial charge is 0.497 e. The smallest absolute Gasteiger partial charge is 0.264 e. The Hall–Kier alpha value is -3.56. The molecule has 1 aliphatic carbocycles. The molecule has 0 unspecified atom stereocenters. The first-order chi connectivity index (χ1) is 20.1. The van der Waals surface area contributed by atoms with Gasteiger partial charge in [-0.3, -0.25) is 13.9 Å². The van der Waals surface area contributed by atoms with Crippen LogP contribution in [0.4, 0.5) is 5.69 Å². The number of amides is 2. The highest BCUT2D eigenvalue weighted by molar-refractivity contribution is 7.92. The zero-order valence-corrected chi connectivity index (χ0v) is 25.8. The Bertz CT molecular complexity index is 1490. The number of benzene rings is 3. The molecule has 1 atom stereocenters. The van der Waals surface area contributed by atoms with E-state index in [1.165, 1.54) is 29.2 Å². The van der Waals surface area contributed by atoms with Gasteiger partial charge in [-0.1, -0.05) is 55.6 Å². The fraction of sp³-hybridized carbons (Fsp3) is 0.375. The van der Waals surface area contributed by atoms with Crippen molar-refractivity contribution in [1.82, 2.24) is 10.2 Å². The Balaban J connectivity index is 1.72. The number of nitrogens with one attached hydrogen (secondary N) is 1. The monoisotopic (exact) mass is 611 g/mol. The Labute approximate surface area is 253 Å². The average molecular weight is 612 g/mol. The molecule has 1 aliphatic rings. The van der Waals surface area contributed by atoms with Crippen LogP contribution in [-0.4, -0.2) is 50.9 Å². The molecular weight excluding hydrogens is 574 g/mol. The number of aryl methyl sites for hydroxylation is 1. The lowest BCUT2D eigenvalue weighted by Gasteiger charge is -2.34. The van der Waals surface area contributed by atoms with E-state index in [0.29, 0.717) is 22.9 Å². The second-order valence-electron chi connectivity index (χ2n) is 10.6. The Morgan fingerprint density at radius 3 is 2.36 bits per heavy atom. The van der Waals surface area contributed by atoms with Gasteiger partial charge < -0.3 is 15.0 Å². The molecule has 1 fully saturated rings. The summed E-state index contributed by atoms with van der Waals surface area (Å²) in [5.74, 6) is -0.108. The van der Waals surface area contributed by atoms with Crippen LogP contribution in [0.15, 0.2) is 77.7 Å². The predicted octanol–water partition coefficient (Wildman–Crippen LogP) is 5.72. The van der Waals surface area contributed by atoms with Gasteiger partial charge in [-0.05, 0) is 85.8 Å². The lowest BCUT2D eigenvalue weighted by molar-refractivity contribution is -0.140. The summed E-state index contributed by atoms with van der Waals surface area (Å²) in [5.41, 5.74) is 1.95. The summed E-state index contributed by atoms with van der Waals surface area (Å²) in [6.45, 7) is 3.32. The van der Waals surface area contributed by atoms with Crippen molar-refractivity contribution in [3.8, 4) is 5.75 Å². The molecule has 8 nitrogen and oxygen atoms in total. The van der Waals surface area contributed by atoms with Crippen molar-refractivity contribution in [3.63, 3.8) is 0 Å². The van der Waals surface area contributed by atoms with Gasteiger partial charge >= 0.3 is 0 Å². The molecule has 0 spiro atoms. The molecule has 0 radical (unpaired) electrons. The zero-order valence-electron chi connectivity index (χ0n) is 24.3. The third-order valence-corrected chi connectivity index (χ3v) is 9.58. The number of anilines is 1. The van der Waals surface area contributed by atoms with E-state index in [0.717, 1.165) is 41.1 Å². The summed E-state index contributed by atoms with van der Waals surface area (Å²) >= 11 is 6.03. The number of hydrogen-bond donors (Lipinski definition) is 1. The van der Waals surface area contributed by atoms with Crippen LogP contribution in [0.2, 0.25) is 5.02 Å². The van der Waals surface area contributed by atoms with Gasteiger partial charge in [0.25, 0.3) is 10.0 Å². The number of carbonyl (C=O) groups excluding carboxylic acids is 2. The molecule has 0 bridgehead atoms. The van der Waals surface area contributed by atoms with Crippen LogP contribution >= 0.6 is 11.6 Å². The Morgan fingerprint density at radius 1 is 1.02 bits per heavy atom. The first-order valence-corrected chi connectivity index (χ1v) is 16.0. The van der Waals surface area contributed by atoms with Crippen LogP contribution in [0.1, 0.15) is 50.2 Å². The molecule has 0 saturated heterocycles. The highest BCUT2D eigenvalue weighted by Gasteiger charge is 2.34. The highest BCUT2D eigenvalue weighted by atomic mass is 35.5. The minimum atomic E-state index is -4.16. The molecule has 10 heteroatoms. The van der Waals surface area contributed by atoms with Crippen LogP contribution in [0, 0.1) is 6.92 Å². The third kappa shape index (κ3) is 7.63. The van der Waals surface area contributed by atoms with Gasteiger partial charge in [0.1, 0.15) is 18.3 Å². The van der Waals surface area contributed by atoms with E-state index in [2.05, 4.69) is 5.32 Å². The molecule has 0 aliphatic heterocycles. The van der Waals surface area contributed by atoms with Crippen molar-refractivity contribution in [2.24, 2.45) is 0 Å². The van der Waals surface area contributed by atoms with Crippen molar-refractivity contribution in [2.75, 3.05) is 18.0 Å².